The summed E-state index contributed by atoms with van der Waals surface area (Å²) in [4.78, 5) is 8.84. The molecular weight excluding hydrogens is 234 g/mol. The molecule has 0 bridgehead atoms. The SMILES string of the molecule is Cc1nc(Nc2ccnnc2)nc2ccsc12. The molecule has 0 aliphatic rings. The number of hydrogen-bond acceptors (Lipinski definition) is 6. The normalized spacial score (nSPS) is 10.6. The minimum Gasteiger partial charge on any atom is -0.323 e. The molecule has 5 nitrogen and oxygen atoms in total. The lowest BCUT2D eigenvalue weighted by Crippen LogP contribution is -1.99. The zero-order valence-corrected chi connectivity index (χ0v) is 9.90. The Labute approximate surface area is 102 Å². The standard InChI is InChI=1S/C11H9N5S/c1-7-10-9(3-5-17-10)16-11(14-7)15-8-2-4-12-13-6-8/h2-6H,1H3,(H,12,14,15,16). The second kappa shape index (κ2) is 4.06. The summed E-state index contributed by atoms with van der Waals surface area (Å²) < 4.78 is 1.13. The highest BCUT2D eigenvalue weighted by molar-refractivity contribution is 7.17. The number of rotatable bonds is 2. The summed E-state index contributed by atoms with van der Waals surface area (Å²) in [5.74, 6) is 0.585. The summed E-state index contributed by atoms with van der Waals surface area (Å²) in [5, 5.41) is 12.6. The van der Waals surface area contributed by atoms with E-state index in [1.54, 1.807) is 23.7 Å². The summed E-state index contributed by atoms with van der Waals surface area (Å²) in [5.41, 5.74) is 2.77. The van der Waals surface area contributed by atoms with Gasteiger partial charge in [0.15, 0.2) is 0 Å². The maximum atomic E-state index is 4.43. The largest absolute Gasteiger partial charge is 0.323 e. The molecule has 0 amide bonds. The summed E-state index contributed by atoms with van der Waals surface area (Å²) in [6.45, 7) is 1.98. The Morgan fingerprint density at radius 3 is 2.94 bits per heavy atom. The van der Waals surface area contributed by atoms with Gasteiger partial charge in [0.05, 0.1) is 34.0 Å². The van der Waals surface area contributed by atoms with E-state index in [2.05, 4.69) is 25.5 Å². The van der Waals surface area contributed by atoms with E-state index >= 15 is 0 Å². The maximum absolute atomic E-state index is 4.43. The molecule has 17 heavy (non-hydrogen) atoms. The highest BCUT2D eigenvalue weighted by Crippen LogP contribution is 2.23. The van der Waals surface area contributed by atoms with Crippen LogP contribution in [0.25, 0.3) is 10.2 Å². The Morgan fingerprint density at radius 1 is 1.18 bits per heavy atom. The highest BCUT2D eigenvalue weighted by Gasteiger charge is 2.05. The number of hydrogen-bond donors (Lipinski definition) is 1. The molecule has 0 saturated carbocycles. The molecular formula is C11H9N5S. The Hall–Kier alpha value is -2.08. The van der Waals surface area contributed by atoms with E-state index in [1.807, 2.05) is 24.4 Å². The van der Waals surface area contributed by atoms with Crippen LogP contribution in [0, 0.1) is 6.92 Å². The van der Waals surface area contributed by atoms with E-state index in [-0.39, 0.29) is 0 Å². The topological polar surface area (TPSA) is 63.6 Å². The van der Waals surface area contributed by atoms with Crippen molar-refractivity contribution in [3.63, 3.8) is 0 Å². The molecule has 0 aliphatic heterocycles. The number of aryl methyl sites for hydroxylation is 1. The molecule has 0 fully saturated rings. The van der Waals surface area contributed by atoms with Crippen molar-refractivity contribution >= 4 is 33.2 Å². The first-order valence-corrected chi connectivity index (χ1v) is 5.96. The molecule has 84 valence electrons. The molecule has 0 unspecified atom stereocenters. The average Bonchev–Trinajstić information content (AvgIpc) is 2.79. The molecule has 3 rings (SSSR count). The van der Waals surface area contributed by atoms with Gasteiger partial charge in [-0.25, -0.2) is 9.97 Å². The molecule has 3 aromatic heterocycles. The molecule has 0 aliphatic carbocycles. The second-order valence-corrected chi connectivity index (χ2v) is 4.44. The predicted octanol–water partition coefficient (Wildman–Crippen LogP) is 2.53. The number of fused-ring (bicyclic) bond motifs is 1. The minimum atomic E-state index is 0.585. The van der Waals surface area contributed by atoms with Gasteiger partial charge >= 0.3 is 0 Å². The third-order valence-electron chi connectivity index (χ3n) is 2.31. The Kier molecular flexibility index (Phi) is 2.41. The second-order valence-electron chi connectivity index (χ2n) is 3.52. The van der Waals surface area contributed by atoms with Gasteiger partial charge in [0, 0.05) is 0 Å². The highest BCUT2D eigenvalue weighted by atomic mass is 32.1. The number of nitrogens with zero attached hydrogens (tertiary/aromatic N) is 4. The van der Waals surface area contributed by atoms with Crippen LogP contribution in [0.3, 0.4) is 0 Å². The lowest BCUT2D eigenvalue weighted by molar-refractivity contribution is 1.03. The van der Waals surface area contributed by atoms with E-state index < -0.39 is 0 Å². The molecule has 0 radical (unpaired) electrons. The van der Waals surface area contributed by atoms with Gasteiger partial charge in [-0.1, -0.05) is 0 Å². The van der Waals surface area contributed by atoms with Crippen LogP contribution in [0.15, 0.2) is 29.9 Å². The van der Waals surface area contributed by atoms with Crippen LogP contribution < -0.4 is 5.32 Å². The fraction of sp³-hybridized carbons (Fsp3) is 0.0909. The fourth-order valence-corrected chi connectivity index (χ4v) is 2.34. The molecule has 0 spiro atoms. The minimum absolute atomic E-state index is 0.585. The van der Waals surface area contributed by atoms with Crippen LogP contribution in [-0.2, 0) is 0 Å². The van der Waals surface area contributed by atoms with E-state index in [4.69, 9.17) is 0 Å². The van der Waals surface area contributed by atoms with Crippen LogP contribution in [0.1, 0.15) is 5.69 Å². The van der Waals surface area contributed by atoms with Crippen molar-refractivity contribution in [1.82, 2.24) is 20.2 Å². The van der Waals surface area contributed by atoms with Gasteiger partial charge in [0.25, 0.3) is 0 Å². The van der Waals surface area contributed by atoms with Gasteiger partial charge in [-0.3, -0.25) is 0 Å². The number of anilines is 2. The van der Waals surface area contributed by atoms with Crippen molar-refractivity contribution in [2.45, 2.75) is 6.92 Å². The van der Waals surface area contributed by atoms with Gasteiger partial charge in [-0.15, -0.1) is 11.3 Å². The predicted molar refractivity (Wildman–Crippen MR) is 67.5 cm³/mol. The van der Waals surface area contributed by atoms with Gasteiger partial charge < -0.3 is 5.32 Å². The van der Waals surface area contributed by atoms with Crippen LogP contribution in [0.2, 0.25) is 0 Å². The number of aromatic nitrogens is 4. The number of thiophene rings is 1. The van der Waals surface area contributed by atoms with E-state index in [1.165, 1.54) is 0 Å². The fourth-order valence-electron chi connectivity index (χ4n) is 1.56. The Balaban J connectivity index is 2.01. The first kappa shape index (κ1) is 10.1. The summed E-state index contributed by atoms with van der Waals surface area (Å²) in [6, 6.07) is 3.81. The lowest BCUT2D eigenvalue weighted by Gasteiger charge is -2.04. The van der Waals surface area contributed by atoms with Gasteiger partial charge in [0.1, 0.15) is 0 Å². The third-order valence-corrected chi connectivity index (χ3v) is 3.33. The monoisotopic (exact) mass is 243 g/mol. The van der Waals surface area contributed by atoms with E-state index in [0.29, 0.717) is 5.95 Å². The summed E-state index contributed by atoms with van der Waals surface area (Å²) >= 11 is 1.65. The first-order chi connectivity index (χ1) is 8.33. The summed E-state index contributed by atoms with van der Waals surface area (Å²) in [7, 11) is 0. The zero-order valence-electron chi connectivity index (χ0n) is 9.08. The quantitative estimate of drug-likeness (QED) is 0.749. The van der Waals surface area contributed by atoms with Gasteiger partial charge in [-0.05, 0) is 24.4 Å². The van der Waals surface area contributed by atoms with Crippen molar-refractivity contribution in [3.8, 4) is 0 Å². The Bertz CT molecular complexity index is 649. The summed E-state index contributed by atoms with van der Waals surface area (Å²) in [6.07, 6.45) is 3.26. The van der Waals surface area contributed by atoms with Crippen molar-refractivity contribution in [2.24, 2.45) is 0 Å². The van der Waals surface area contributed by atoms with Crippen molar-refractivity contribution in [2.75, 3.05) is 5.32 Å². The molecule has 0 saturated heterocycles. The van der Waals surface area contributed by atoms with E-state index in [9.17, 15) is 0 Å². The van der Waals surface area contributed by atoms with Crippen LogP contribution in [-0.4, -0.2) is 20.2 Å². The average molecular weight is 243 g/mol. The third kappa shape index (κ3) is 1.94. The van der Waals surface area contributed by atoms with Crippen molar-refractivity contribution in [3.05, 3.63) is 35.6 Å². The molecule has 0 aromatic carbocycles. The molecule has 6 heteroatoms. The van der Waals surface area contributed by atoms with Gasteiger partial charge in [0.2, 0.25) is 5.95 Å². The van der Waals surface area contributed by atoms with Crippen molar-refractivity contribution < 1.29 is 0 Å². The molecule has 3 heterocycles. The van der Waals surface area contributed by atoms with Crippen molar-refractivity contribution in [1.29, 1.82) is 0 Å². The Morgan fingerprint density at radius 2 is 2.12 bits per heavy atom. The van der Waals surface area contributed by atoms with Gasteiger partial charge in [-0.2, -0.15) is 10.2 Å². The lowest BCUT2D eigenvalue weighted by atomic mass is 10.4. The smallest absolute Gasteiger partial charge is 0.228 e. The van der Waals surface area contributed by atoms with Crippen LogP contribution >= 0.6 is 11.3 Å². The first-order valence-electron chi connectivity index (χ1n) is 5.08. The molecule has 1 N–H and O–H groups in total. The van der Waals surface area contributed by atoms with Crippen LogP contribution in [0.4, 0.5) is 11.6 Å². The van der Waals surface area contributed by atoms with Crippen LogP contribution in [0.5, 0.6) is 0 Å². The molecule has 3 aromatic rings. The van der Waals surface area contributed by atoms with E-state index in [0.717, 1.165) is 21.6 Å². The number of nitrogens with one attached hydrogen (secondary N) is 1. The molecule has 0 atom stereocenters. The zero-order chi connectivity index (χ0) is 11.7. The maximum Gasteiger partial charge on any atom is 0.228 e.